The van der Waals surface area contributed by atoms with E-state index in [1.54, 1.807) is 74.9 Å². The summed E-state index contributed by atoms with van der Waals surface area (Å²) in [5.74, 6) is 2.47. The van der Waals surface area contributed by atoms with Crippen LogP contribution in [0.3, 0.4) is 0 Å². The average molecular weight is 389 g/mol. The smallest absolute Gasteiger partial charge is 0.150 e. The summed E-state index contributed by atoms with van der Waals surface area (Å²) in [5, 5.41) is 2.85. The van der Waals surface area contributed by atoms with E-state index in [-0.39, 0.29) is 0 Å². The number of ether oxygens (including phenoxy) is 3. The number of carbonyl (C=O) groups is 1. The Morgan fingerprint density at radius 1 is 0.793 bits per heavy atom. The lowest BCUT2D eigenvalue weighted by Gasteiger charge is -2.08. The number of nitroso groups, excluding NO2 is 1. The van der Waals surface area contributed by atoms with Crippen LogP contribution in [0.4, 0.5) is 5.69 Å². The summed E-state index contributed by atoms with van der Waals surface area (Å²) in [6.07, 6.45) is 2.56. The highest BCUT2D eigenvalue weighted by Crippen LogP contribution is 2.28. The molecule has 29 heavy (non-hydrogen) atoms. The van der Waals surface area contributed by atoms with Crippen LogP contribution in [-0.4, -0.2) is 20.5 Å². The summed E-state index contributed by atoms with van der Waals surface area (Å²) in [6, 6.07) is 19.0. The van der Waals surface area contributed by atoms with Gasteiger partial charge in [0, 0.05) is 11.6 Å². The first-order valence-corrected chi connectivity index (χ1v) is 8.77. The maximum Gasteiger partial charge on any atom is 0.150 e. The quantitative estimate of drug-likeness (QED) is 0.216. The molecule has 6 heteroatoms. The average Bonchev–Trinajstić information content (AvgIpc) is 2.78. The van der Waals surface area contributed by atoms with Crippen molar-refractivity contribution in [3.63, 3.8) is 0 Å². The van der Waals surface area contributed by atoms with Gasteiger partial charge in [-0.15, -0.1) is 4.91 Å². The summed E-state index contributed by atoms with van der Waals surface area (Å²) in [4.78, 5) is 22.1. The molecule has 0 fully saturated rings. The van der Waals surface area contributed by atoms with Crippen molar-refractivity contribution >= 4 is 23.6 Å². The Morgan fingerprint density at radius 3 is 1.83 bits per heavy atom. The fourth-order valence-corrected chi connectivity index (χ4v) is 2.70. The van der Waals surface area contributed by atoms with Crippen LogP contribution in [0.5, 0.6) is 23.0 Å². The molecule has 0 radical (unpaired) electrons. The molecule has 0 N–H and O–H groups in total. The molecule has 0 heterocycles. The van der Waals surface area contributed by atoms with Crippen LogP contribution in [0.25, 0.3) is 11.6 Å². The van der Waals surface area contributed by atoms with Crippen LogP contribution < -0.4 is 14.2 Å². The topological polar surface area (TPSA) is 74.2 Å². The second-order valence-corrected chi connectivity index (χ2v) is 6.08. The molecular formula is C23H19NO5. The molecule has 0 aliphatic heterocycles. The van der Waals surface area contributed by atoms with Gasteiger partial charge in [0.05, 0.1) is 14.2 Å². The number of benzene rings is 3. The molecule has 0 unspecified atom stereocenters. The maximum absolute atomic E-state index is 11.7. The van der Waals surface area contributed by atoms with Crippen molar-refractivity contribution in [2.24, 2.45) is 5.18 Å². The highest BCUT2D eigenvalue weighted by atomic mass is 16.5. The highest BCUT2D eigenvalue weighted by molar-refractivity contribution is 6.13. The van der Waals surface area contributed by atoms with Crippen LogP contribution >= 0.6 is 0 Å². The first-order chi connectivity index (χ1) is 14.1. The minimum absolute atomic E-state index is 0.336. The zero-order chi connectivity index (χ0) is 20.6. The van der Waals surface area contributed by atoms with Crippen LogP contribution in [-0.2, 0) is 4.79 Å². The third-order valence-corrected chi connectivity index (χ3v) is 4.19. The van der Waals surface area contributed by atoms with Gasteiger partial charge < -0.3 is 14.2 Å². The summed E-state index contributed by atoms with van der Waals surface area (Å²) < 4.78 is 16.3. The Bertz CT molecular complexity index is 1000. The summed E-state index contributed by atoms with van der Waals surface area (Å²) in [6.45, 7) is 0. The van der Waals surface area contributed by atoms with Crippen LogP contribution in [0, 0.1) is 4.91 Å². The number of carbonyl (C=O) groups excluding carboxylic acids is 1. The second kappa shape index (κ2) is 9.32. The Kier molecular flexibility index (Phi) is 6.37. The summed E-state index contributed by atoms with van der Waals surface area (Å²) in [5.41, 5.74) is 2.37. The van der Waals surface area contributed by atoms with E-state index in [0.29, 0.717) is 34.3 Å². The molecule has 3 aromatic rings. The molecule has 0 aromatic heterocycles. The van der Waals surface area contributed by atoms with Crippen molar-refractivity contribution in [1.82, 2.24) is 0 Å². The van der Waals surface area contributed by atoms with Crippen molar-refractivity contribution < 1.29 is 19.0 Å². The molecule has 0 spiro atoms. The third kappa shape index (κ3) is 5.07. The number of rotatable bonds is 8. The molecule has 3 rings (SSSR count). The number of hydrogen-bond donors (Lipinski definition) is 0. The molecule has 0 saturated carbocycles. The number of methoxy groups -OCH3 is 2. The van der Waals surface area contributed by atoms with Crippen molar-refractivity contribution in [3.8, 4) is 23.0 Å². The lowest BCUT2D eigenvalue weighted by Crippen LogP contribution is -1.90. The van der Waals surface area contributed by atoms with E-state index < -0.39 is 0 Å². The lowest BCUT2D eigenvalue weighted by atomic mass is 10.0. The van der Waals surface area contributed by atoms with E-state index in [9.17, 15) is 9.70 Å². The van der Waals surface area contributed by atoms with Crippen molar-refractivity contribution in [1.29, 1.82) is 0 Å². The zero-order valence-corrected chi connectivity index (χ0v) is 16.0. The van der Waals surface area contributed by atoms with Crippen LogP contribution in [0.2, 0.25) is 0 Å². The van der Waals surface area contributed by atoms with Gasteiger partial charge in [0.2, 0.25) is 0 Å². The van der Waals surface area contributed by atoms with E-state index >= 15 is 0 Å². The van der Waals surface area contributed by atoms with Gasteiger partial charge in [-0.05, 0) is 70.9 Å². The van der Waals surface area contributed by atoms with E-state index in [1.807, 2.05) is 12.1 Å². The van der Waals surface area contributed by atoms with E-state index in [1.165, 1.54) is 0 Å². The fraction of sp³-hybridized carbons (Fsp3) is 0.0870. The van der Waals surface area contributed by atoms with Crippen LogP contribution in [0.1, 0.15) is 11.1 Å². The molecule has 0 saturated heterocycles. The first kappa shape index (κ1) is 19.8. The normalized spacial score (nSPS) is 10.9. The Balaban J connectivity index is 1.82. The molecule has 0 amide bonds. The Morgan fingerprint density at radius 2 is 1.34 bits per heavy atom. The van der Waals surface area contributed by atoms with Gasteiger partial charge >= 0.3 is 0 Å². The standard InChI is InChI=1S/C23H19NO5/c1-27-22-12-16(13-23(14-22)28-2)11-18(15-25)17-3-7-20(8-4-17)29-21-9-5-19(24-26)6-10-21/h3-15H,1-2H3/b18-11-. The lowest BCUT2D eigenvalue weighted by molar-refractivity contribution is -0.103. The van der Waals surface area contributed by atoms with Crippen molar-refractivity contribution in [3.05, 3.63) is 82.8 Å². The fourth-order valence-electron chi connectivity index (χ4n) is 2.70. The van der Waals surface area contributed by atoms with Crippen molar-refractivity contribution in [2.45, 2.75) is 0 Å². The number of aldehydes is 1. The monoisotopic (exact) mass is 389 g/mol. The number of allylic oxidation sites excluding steroid dienone is 1. The Labute approximate surface area is 168 Å². The highest BCUT2D eigenvalue weighted by Gasteiger charge is 2.06. The van der Waals surface area contributed by atoms with Gasteiger partial charge in [-0.3, -0.25) is 4.79 Å². The van der Waals surface area contributed by atoms with E-state index in [0.717, 1.165) is 17.4 Å². The predicted molar refractivity (Wildman–Crippen MR) is 112 cm³/mol. The summed E-state index contributed by atoms with van der Waals surface area (Å²) in [7, 11) is 3.15. The van der Waals surface area contributed by atoms with E-state index in [4.69, 9.17) is 14.2 Å². The Hall–Kier alpha value is -3.93. The minimum atomic E-state index is 0.336. The zero-order valence-electron chi connectivity index (χ0n) is 16.0. The van der Waals surface area contributed by atoms with Gasteiger partial charge in [-0.1, -0.05) is 12.1 Å². The molecule has 3 aromatic carbocycles. The van der Waals surface area contributed by atoms with Gasteiger partial charge in [-0.25, -0.2) is 0 Å². The third-order valence-electron chi connectivity index (χ3n) is 4.19. The van der Waals surface area contributed by atoms with Crippen LogP contribution in [0.15, 0.2) is 71.9 Å². The summed E-state index contributed by atoms with van der Waals surface area (Å²) >= 11 is 0. The van der Waals surface area contributed by atoms with Gasteiger partial charge in [0.15, 0.2) is 6.29 Å². The van der Waals surface area contributed by atoms with Gasteiger partial charge in [0.1, 0.15) is 28.7 Å². The van der Waals surface area contributed by atoms with Gasteiger partial charge in [0.25, 0.3) is 0 Å². The molecule has 6 nitrogen and oxygen atoms in total. The largest absolute Gasteiger partial charge is 0.497 e. The van der Waals surface area contributed by atoms with Gasteiger partial charge in [-0.2, -0.15) is 0 Å². The molecular weight excluding hydrogens is 370 g/mol. The predicted octanol–water partition coefficient (Wildman–Crippen LogP) is 5.63. The molecule has 0 aliphatic carbocycles. The minimum Gasteiger partial charge on any atom is -0.497 e. The number of nitrogens with zero attached hydrogens (tertiary/aromatic N) is 1. The first-order valence-electron chi connectivity index (χ1n) is 8.77. The molecule has 0 aliphatic rings. The molecule has 146 valence electrons. The second-order valence-electron chi connectivity index (χ2n) is 6.08. The SMILES string of the molecule is COc1cc(/C=C(/C=O)c2ccc(Oc3ccc(N=O)cc3)cc2)cc(OC)c1. The molecule has 0 atom stereocenters. The van der Waals surface area contributed by atoms with E-state index in [2.05, 4.69) is 5.18 Å². The molecule has 0 bridgehead atoms. The maximum atomic E-state index is 11.7. The van der Waals surface area contributed by atoms with Crippen molar-refractivity contribution in [2.75, 3.05) is 14.2 Å². The number of hydrogen-bond acceptors (Lipinski definition) is 6.